The monoisotopic (exact) mass is 380 g/mol. The molecule has 0 aliphatic carbocycles. The molecule has 0 radical (unpaired) electrons. The van der Waals surface area contributed by atoms with Gasteiger partial charge in [0.05, 0.1) is 19.9 Å². The summed E-state index contributed by atoms with van der Waals surface area (Å²) >= 11 is 0. The van der Waals surface area contributed by atoms with E-state index in [4.69, 9.17) is 14.3 Å². The molecule has 1 saturated heterocycles. The minimum absolute atomic E-state index is 0.343. The van der Waals surface area contributed by atoms with Crippen molar-refractivity contribution in [2.24, 2.45) is 11.1 Å². The van der Waals surface area contributed by atoms with Gasteiger partial charge in [-0.1, -0.05) is 11.2 Å². The second-order valence-corrected chi connectivity index (χ2v) is 6.83. The first-order valence-electron chi connectivity index (χ1n) is 8.87. The van der Waals surface area contributed by atoms with Gasteiger partial charge < -0.3 is 14.3 Å². The van der Waals surface area contributed by atoms with Gasteiger partial charge in [0.2, 0.25) is 12.0 Å². The number of amides is 2. The minimum atomic E-state index is -0.947. The van der Waals surface area contributed by atoms with Crippen LogP contribution in [0.4, 0.5) is 5.69 Å². The second kappa shape index (κ2) is 6.67. The lowest BCUT2D eigenvalue weighted by atomic mass is 9.94. The molecule has 0 bridgehead atoms. The molecule has 28 heavy (non-hydrogen) atoms. The van der Waals surface area contributed by atoms with Crippen molar-refractivity contribution in [2.75, 3.05) is 19.1 Å². The van der Waals surface area contributed by atoms with Gasteiger partial charge in [0.1, 0.15) is 11.6 Å². The SMILES string of the molecule is COc1ccc(C2=NO[C@H]3C(=O)N(c4ccc(C)c(C)c4)C(=O)[C@H]23)cc1OC. The summed E-state index contributed by atoms with van der Waals surface area (Å²) in [7, 11) is 3.08. The summed E-state index contributed by atoms with van der Waals surface area (Å²) in [5, 5.41) is 4.03. The van der Waals surface area contributed by atoms with E-state index in [1.54, 1.807) is 31.4 Å². The molecule has 2 heterocycles. The van der Waals surface area contributed by atoms with Gasteiger partial charge in [-0.25, -0.2) is 4.90 Å². The number of fused-ring (bicyclic) bond motifs is 1. The summed E-state index contributed by atoms with van der Waals surface area (Å²) in [6.07, 6.45) is -0.947. The van der Waals surface area contributed by atoms with Crippen LogP contribution in [0.1, 0.15) is 16.7 Å². The molecule has 0 spiro atoms. The van der Waals surface area contributed by atoms with Crippen LogP contribution in [0.15, 0.2) is 41.6 Å². The Bertz CT molecular complexity index is 1010. The number of anilines is 1. The molecule has 144 valence electrons. The molecule has 2 aromatic carbocycles. The van der Waals surface area contributed by atoms with Gasteiger partial charge in [-0.15, -0.1) is 0 Å². The number of rotatable bonds is 4. The maximum Gasteiger partial charge on any atom is 0.278 e. The Morgan fingerprint density at radius 1 is 0.929 bits per heavy atom. The van der Waals surface area contributed by atoms with Crippen molar-refractivity contribution in [3.8, 4) is 11.5 Å². The average molecular weight is 380 g/mol. The fourth-order valence-corrected chi connectivity index (χ4v) is 3.53. The lowest BCUT2D eigenvalue weighted by Gasteiger charge is -2.17. The third-order valence-electron chi connectivity index (χ3n) is 5.24. The molecule has 7 heteroatoms. The van der Waals surface area contributed by atoms with Crippen molar-refractivity contribution in [3.63, 3.8) is 0 Å². The zero-order chi connectivity index (χ0) is 20.0. The quantitative estimate of drug-likeness (QED) is 0.762. The van der Waals surface area contributed by atoms with E-state index in [1.165, 1.54) is 12.0 Å². The number of carbonyl (C=O) groups is 2. The highest BCUT2D eigenvalue weighted by Crippen LogP contribution is 2.37. The molecule has 0 N–H and O–H groups in total. The largest absolute Gasteiger partial charge is 0.493 e. The van der Waals surface area contributed by atoms with Crippen molar-refractivity contribution >= 4 is 23.2 Å². The number of hydrogen-bond donors (Lipinski definition) is 0. The number of methoxy groups -OCH3 is 2. The third kappa shape index (κ3) is 2.62. The lowest BCUT2D eigenvalue weighted by Crippen LogP contribution is -2.33. The highest BCUT2D eigenvalue weighted by atomic mass is 16.7. The van der Waals surface area contributed by atoms with Gasteiger partial charge in [-0.2, -0.15) is 0 Å². The Labute approximate surface area is 162 Å². The third-order valence-corrected chi connectivity index (χ3v) is 5.24. The molecule has 0 aromatic heterocycles. The minimum Gasteiger partial charge on any atom is -0.493 e. The van der Waals surface area contributed by atoms with E-state index in [2.05, 4.69) is 5.16 Å². The van der Waals surface area contributed by atoms with Crippen molar-refractivity contribution in [1.82, 2.24) is 0 Å². The van der Waals surface area contributed by atoms with Crippen molar-refractivity contribution in [3.05, 3.63) is 53.1 Å². The van der Waals surface area contributed by atoms with Crippen molar-refractivity contribution in [2.45, 2.75) is 20.0 Å². The molecule has 2 atom stereocenters. The van der Waals surface area contributed by atoms with Crippen molar-refractivity contribution in [1.29, 1.82) is 0 Å². The molecule has 1 fully saturated rings. The summed E-state index contributed by atoms with van der Waals surface area (Å²) in [4.78, 5) is 32.6. The van der Waals surface area contributed by atoms with E-state index in [-0.39, 0.29) is 5.91 Å². The average Bonchev–Trinajstić information content (AvgIpc) is 3.24. The van der Waals surface area contributed by atoms with Gasteiger partial charge in [0, 0.05) is 5.56 Å². The Kier molecular flexibility index (Phi) is 4.30. The maximum absolute atomic E-state index is 13.1. The van der Waals surface area contributed by atoms with Crippen LogP contribution < -0.4 is 14.4 Å². The van der Waals surface area contributed by atoms with E-state index in [1.807, 2.05) is 26.0 Å². The van der Waals surface area contributed by atoms with Gasteiger partial charge in [-0.3, -0.25) is 9.59 Å². The maximum atomic E-state index is 13.1. The number of hydrogen-bond acceptors (Lipinski definition) is 6. The fourth-order valence-electron chi connectivity index (χ4n) is 3.53. The van der Waals surface area contributed by atoms with E-state index in [9.17, 15) is 9.59 Å². The van der Waals surface area contributed by atoms with Crippen LogP contribution in [0.2, 0.25) is 0 Å². The standard InChI is InChI=1S/C21H20N2O5/c1-11-5-7-14(9-12(11)2)23-20(24)17-18(22-28-19(17)21(23)25)13-6-8-15(26-3)16(10-13)27-4/h5-10,17,19H,1-4H3/t17-,19-/m1/s1. The molecule has 4 rings (SSSR count). The second-order valence-electron chi connectivity index (χ2n) is 6.83. The molecule has 0 saturated carbocycles. The summed E-state index contributed by atoms with van der Waals surface area (Å²) < 4.78 is 10.6. The number of benzene rings is 2. The molecule has 2 aromatic rings. The first kappa shape index (κ1) is 18.0. The fraction of sp³-hybridized carbons (Fsp3) is 0.286. The zero-order valence-corrected chi connectivity index (χ0v) is 16.1. The molecular formula is C21H20N2O5. The smallest absolute Gasteiger partial charge is 0.278 e. The van der Waals surface area contributed by atoms with Gasteiger partial charge >= 0.3 is 0 Å². The zero-order valence-electron chi connectivity index (χ0n) is 16.1. The molecule has 0 unspecified atom stereocenters. The summed E-state index contributed by atoms with van der Waals surface area (Å²) in [5.41, 5.74) is 3.70. The van der Waals surface area contributed by atoms with Crippen LogP contribution in [0, 0.1) is 19.8 Å². The Morgan fingerprint density at radius 2 is 1.68 bits per heavy atom. The van der Waals surface area contributed by atoms with Crippen molar-refractivity contribution < 1.29 is 23.9 Å². The van der Waals surface area contributed by atoms with E-state index in [0.29, 0.717) is 28.5 Å². The van der Waals surface area contributed by atoms with Crippen LogP contribution in [-0.4, -0.2) is 37.8 Å². The van der Waals surface area contributed by atoms with Gasteiger partial charge in [0.15, 0.2) is 11.5 Å². The number of oxime groups is 1. The number of carbonyl (C=O) groups excluding carboxylic acids is 2. The first-order chi connectivity index (χ1) is 13.5. The Morgan fingerprint density at radius 3 is 2.36 bits per heavy atom. The Balaban J connectivity index is 1.70. The van der Waals surface area contributed by atoms with Crippen LogP contribution in [0.3, 0.4) is 0 Å². The highest BCUT2D eigenvalue weighted by molar-refractivity contribution is 6.32. The molecule has 2 aliphatic rings. The molecule has 2 amide bonds. The summed E-state index contributed by atoms with van der Waals surface area (Å²) in [6, 6.07) is 10.7. The van der Waals surface area contributed by atoms with Crippen LogP contribution in [-0.2, 0) is 14.4 Å². The van der Waals surface area contributed by atoms with E-state index < -0.39 is 17.9 Å². The first-order valence-corrected chi connectivity index (χ1v) is 8.87. The Hall–Kier alpha value is -3.35. The highest BCUT2D eigenvalue weighted by Gasteiger charge is 2.56. The van der Waals surface area contributed by atoms with Crippen LogP contribution in [0.5, 0.6) is 11.5 Å². The predicted molar refractivity (Wildman–Crippen MR) is 103 cm³/mol. The molecule has 2 aliphatic heterocycles. The molecule has 7 nitrogen and oxygen atoms in total. The number of imide groups is 1. The van der Waals surface area contributed by atoms with Gasteiger partial charge in [0.25, 0.3) is 5.91 Å². The number of nitrogens with zero attached hydrogens (tertiary/aromatic N) is 2. The topological polar surface area (TPSA) is 77.4 Å². The van der Waals surface area contributed by atoms with Gasteiger partial charge in [-0.05, 0) is 55.3 Å². The number of ether oxygens (including phenoxy) is 2. The molecular weight excluding hydrogens is 360 g/mol. The lowest BCUT2D eigenvalue weighted by molar-refractivity contribution is -0.126. The summed E-state index contributed by atoms with van der Waals surface area (Å²) in [6.45, 7) is 3.92. The normalized spacial score (nSPS) is 20.7. The predicted octanol–water partition coefficient (Wildman–Crippen LogP) is 2.61. The van der Waals surface area contributed by atoms with E-state index in [0.717, 1.165) is 11.1 Å². The summed E-state index contributed by atoms with van der Waals surface area (Å²) in [5.74, 6) is -0.462. The van der Waals surface area contributed by atoms with Crippen LogP contribution in [0.25, 0.3) is 0 Å². The van der Waals surface area contributed by atoms with E-state index >= 15 is 0 Å². The van der Waals surface area contributed by atoms with Crippen LogP contribution >= 0.6 is 0 Å². The number of aryl methyl sites for hydroxylation is 2.